The quantitative estimate of drug-likeness (QED) is 0.568. The Kier molecular flexibility index (Phi) is 2.96. The van der Waals surface area contributed by atoms with E-state index in [4.69, 9.17) is 0 Å². The summed E-state index contributed by atoms with van der Waals surface area (Å²) in [6.45, 7) is 2.01. The van der Waals surface area contributed by atoms with Crippen LogP contribution in [-0.4, -0.2) is 22.8 Å². The molecule has 0 aliphatic rings. The van der Waals surface area contributed by atoms with Gasteiger partial charge in [0.1, 0.15) is 11.0 Å². The fourth-order valence-corrected chi connectivity index (χ4v) is 3.89. The predicted molar refractivity (Wildman–Crippen MR) is 88.8 cm³/mol. The van der Waals surface area contributed by atoms with Crippen molar-refractivity contribution in [1.29, 1.82) is 0 Å². The van der Waals surface area contributed by atoms with Gasteiger partial charge in [-0.05, 0) is 42.0 Å². The summed E-state index contributed by atoms with van der Waals surface area (Å²) in [5.74, 6) is 0. The van der Waals surface area contributed by atoms with Crippen LogP contribution in [0.2, 0.25) is 0 Å². The third-order valence-electron chi connectivity index (χ3n) is 3.81. The second-order valence-electron chi connectivity index (χ2n) is 5.44. The topological polar surface area (TPSA) is 64.8 Å². The van der Waals surface area contributed by atoms with Gasteiger partial charge in [-0.25, -0.2) is 0 Å². The van der Waals surface area contributed by atoms with Crippen LogP contribution in [0.1, 0.15) is 5.56 Å². The Bertz CT molecular complexity index is 1150. The van der Waals surface area contributed by atoms with E-state index in [1.807, 2.05) is 31.2 Å². The zero-order valence-electron chi connectivity index (χ0n) is 12.3. The lowest BCUT2D eigenvalue weighted by Gasteiger charge is -2.07. The summed E-state index contributed by atoms with van der Waals surface area (Å²) in [5, 5.41) is 9.62. The van der Waals surface area contributed by atoms with E-state index < -0.39 is 10.0 Å². The van der Waals surface area contributed by atoms with Gasteiger partial charge in [-0.1, -0.05) is 47.2 Å². The zero-order valence-corrected chi connectivity index (χ0v) is 13.2. The fourth-order valence-electron chi connectivity index (χ4n) is 2.63. The highest BCUT2D eigenvalue weighted by Crippen LogP contribution is 2.23. The summed E-state index contributed by atoms with van der Waals surface area (Å²) < 4.78 is 26.7. The van der Waals surface area contributed by atoms with Crippen LogP contribution in [0.4, 0.5) is 0 Å². The molecule has 0 saturated heterocycles. The molecule has 3 aromatic carbocycles. The van der Waals surface area contributed by atoms with E-state index in [9.17, 15) is 8.42 Å². The molecule has 4 rings (SSSR count). The fraction of sp³-hybridized carbons (Fsp3) is 0.0588. The van der Waals surface area contributed by atoms with E-state index in [0.29, 0.717) is 11.0 Å². The standard InChI is InChI=1S/C17H13N3O2S/c1-12-6-7-14-11-15(9-8-13(14)10-12)23(21,22)20-17-5-3-2-4-16(17)18-19-20/h2-11H,1H3. The lowest BCUT2D eigenvalue weighted by molar-refractivity contribution is 0.579. The molecule has 0 saturated carbocycles. The molecule has 0 N–H and O–H groups in total. The van der Waals surface area contributed by atoms with Gasteiger partial charge < -0.3 is 0 Å². The molecule has 1 heterocycles. The number of hydrogen-bond donors (Lipinski definition) is 0. The molecule has 0 amide bonds. The molecular weight excluding hydrogens is 310 g/mol. The van der Waals surface area contributed by atoms with Gasteiger partial charge >= 0.3 is 0 Å². The minimum absolute atomic E-state index is 0.199. The highest BCUT2D eigenvalue weighted by atomic mass is 32.2. The molecule has 0 radical (unpaired) electrons. The number of aromatic nitrogens is 3. The first kappa shape index (κ1) is 13.9. The number of rotatable bonds is 2. The van der Waals surface area contributed by atoms with Crippen molar-refractivity contribution in [2.75, 3.05) is 0 Å². The Hall–Kier alpha value is -2.73. The molecule has 0 spiro atoms. The van der Waals surface area contributed by atoms with Crippen LogP contribution in [0, 0.1) is 6.92 Å². The van der Waals surface area contributed by atoms with Gasteiger partial charge in [0, 0.05) is 0 Å². The molecule has 1 aromatic heterocycles. The number of fused-ring (bicyclic) bond motifs is 2. The molecule has 0 unspecified atom stereocenters. The lowest BCUT2D eigenvalue weighted by atomic mass is 10.1. The van der Waals surface area contributed by atoms with Crippen molar-refractivity contribution >= 4 is 31.8 Å². The van der Waals surface area contributed by atoms with Gasteiger partial charge in [0.05, 0.1) is 4.90 Å². The van der Waals surface area contributed by atoms with Crippen molar-refractivity contribution in [1.82, 2.24) is 14.4 Å². The zero-order chi connectivity index (χ0) is 16.0. The molecule has 0 aliphatic carbocycles. The average molecular weight is 323 g/mol. The highest BCUT2D eigenvalue weighted by molar-refractivity contribution is 7.90. The summed E-state index contributed by atoms with van der Waals surface area (Å²) >= 11 is 0. The van der Waals surface area contributed by atoms with Crippen LogP contribution in [0.3, 0.4) is 0 Å². The number of hydrogen-bond acceptors (Lipinski definition) is 4. The third kappa shape index (κ3) is 2.19. The van der Waals surface area contributed by atoms with Crippen LogP contribution < -0.4 is 0 Å². The molecule has 5 nitrogen and oxygen atoms in total. The smallest absolute Gasteiger partial charge is 0.199 e. The van der Waals surface area contributed by atoms with Gasteiger partial charge in [0.15, 0.2) is 0 Å². The Morgan fingerprint density at radius 1 is 0.913 bits per heavy atom. The van der Waals surface area contributed by atoms with E-state index in [2.05, 4.69) is 10.3 Å². The largest absolute Gasteiger partial charge is 0.284 e. The van der Waals surface area contributed by atoms with Gasteiger partial charge in [-0.15, -0.1) is 9.19 Å². The summed E-state index contributed by atoms with van der Waals surface area (Å²) in [7, 11) is -3.78. The van der Waals surface area contributed by atoms with Crippen LogP contribution >= 0.6 is 0 Å². The first-order valence-corrected chi connectivity index (χ1v) is 8.56. The molecule has 114 valence electrons. The molecule has 0 aliphatic heterocycles. The van der Waals surface area contributed by atoms with Crippen LogP contribution in [0.25, 0.3) is 21.8 Å². The molecule has 0 bridgehead atoms. The van der Waals surface area contributed by atoms with Crippen LogP contribution in [-0.2, 0) is 10.0 Å². The first-order valence-electron chi connectivity index (χ1n) is 7.12. The number of benzene rings is 3. The monoisotopic (exact) mass is 323 g/mol. The van der Waals surface area contributed by atoms with Gasteiger partial charge in [0.25, 0.3) is 10.0 Å². The molecule has 23 heavy (non-hydrogen) atoms. The number of nitrogens with zero attached hydrogens (tertiary/aromatic N) is 3. The van der Waals surface area contributed by atoms with Gasteiger partial charge in [-0.3, -0.25) is 0 Å². The second-order valence-corrected chi connectivity index (χ2v) is 7.21. The van der Waals surface area contributed by atoms with Crippen molar-refractivity contribution in [2.24, 2.45) is 0 Å². The van der Waals surface area contributed by atoms with E-state index >= 15 is 0 Å². The van der Waals surface area contributed by atoms with Crippen molar-refractivity contribution in [3.05, 3.63) is 66.2 Å². The second kappa shape index (κ2) is 4.89. The maximum Gasteiger partial charge on any atom is 0.284 e. The Balaban J connectivity index is 1.93. The highest BCUT2D eigenvalue weighted by Gasteiger charge is 2.21. The SMILES string of the molecule is Cc1ccc2cc(S(=O)(=O)n3nnc4ccccc43)ccc2c1. The van der Waals surface area contributed by atoms with Crippen molar-refractivity contribution in [2.45, 2.75) is 11.8 Å². The van der Waals surface area contributed by atoms with Crippen LogP contribution in [0.5, 0.6) is 0 Å². The normalized spacial score (nSPS) is 12.0. The van der Waals surface area contributed by atoms with Gasteiger partial charge in [-0.2, -0.15) is 8.42 Å². The maximum atomic E-state index is 12.9. The Morgan fingerprint density at radius 3 is 2.52 bits per heavy atom. The minimum atomic E-state index is -3.78. The Labute approximate surface area is 133 Å². The summed E-state index contributed by atoms with van der Waals surface area (Å²) in [6, 6.07) is 18.0. The maximum absolute atomic E-state index is 12.9. The summed E-state index contributed by atoms with van der Waals surface area (Å²) in [4.78, 5) is 0.199. The summed E-state index contributed by atoms with van der Waals surface area (Å²) in [5.41, 5.74) is 2.15. The van der Waals surface area contributed by atoms with Gasteiger partial charge in [0.2, 0.25) is 0 Å². The minimum Gasteiger partial charge on any atom is -0.199 e. The first-order chi connectivity index (χ1) is 11.1. The van der Waals surface area contributed by atoms with Crippen molar-refractivity contribution < 1.29 is 8.42 Å². The van der Waals surface area contributed by atoms with E-state index in [0.717, 1.165) is 20.4 Å². The number of aryl methyl sites for hydroxylation is 1. The Morgan fingerprint density at radius 2 is 1.65 bits per heavy atom. The molecule has 6 heteroatoms. The average Bonchev–Trinajstić information content (AvgIpc) is 2.99. The molecule has 0 atom stereocenters. The van der Waals surface area contributed by atoms with Crippen molar-refractivity contribution in [3.63, 3.8) is 0 Å². The molecule has 0 fully saturated rings. The van der Waals surface area contributed by atoms with E-state index in [1.54, 1.807) is 36.4 Å². The lowest BCUT2D eigenvalue weighted by Crippen LogP contribution is -2.14. The predicted octanol–water partition coefficient (Wildman–Crippen LogP) is 3.13. The van der Waals surface area contributed by atoms with Crippen molar-refractivity contribution in [3.8, 4) is 0 Å². The molecular formula is C17H13N3O2S. The molecule has 4 aromatic rings. The van der Waals surface area contributed by atoms with E-state index in [1.165, 1.54) is 0 Å². The third-order valence-corrected chi connectivity index (χ3v) is 5.39. The summed E-state index contributed by atoms with van der Waals surface area (Å²) in [6.07, 6.45) is 0. The van der Waals surface area contributed by atoms with Crippen LogP contribution in [0.15, 0.2) is 65.6 Å². The van der Waals surface area contributed by atoms with E-state index in [-0.39, 0.29) is 4.90 Å². The number of para-hydroxylation sites is 1.